The van der Waals surface area contributed by atoms with Gasteiger partial charge in [0.25, 0.3) is 0 Å². The number of fused-ring (bicyclic) bond motifs is 1. The van der Waals surface area contributed by atoms with E-state index in [1.165, 1.54) is 38.1 Å². The summed E-state index contributed by atoms with van der Waals surface area (Å²) in [4.78, 5) is 178. The Morgan fingerprint density at radius 2 is 1.01 bits per heavy atom. The third kappa shape index (κ3) is 28.5. The molecule has 0 spiro atoms. The Morgan fingerprint density at radius 3 is 1.54 bits per heavy atom. The molecule has 14 N–H and O–H groups in total. The minimum atomic E-state index is -1.82. The van der Waals surface area contributed by atoms with E-state index in [9.17, 15) is 48.3 Å². The number of anilines is 1. The van der Waals surface area contributed by atoms with Crippen molar-refractivity contribution in [2.45, 2.75) is 192 Å². The molecule has 5 aromatic carbocycles. The molecule has 0 unspecified atom stereocenters. The first-order valence-electron chi connectivity index (χ1n) is 38.6. The van der Waals surface area contributed by atoms with Crippen LogP contribution in [0.2, 0.25) is 5.02 Å². The molecule has 10 atom stereocenters. The van der Waals surface area contributed by atoms with Crippen molar-refractivity contribution in [2.24, 2.45) is 11.7 Å². The van der Waals surface area contributed by atoms with Crippen molar-refractivity contribution in [3.8, 4) is 0 Å². The number of nitrogens with one attached hydrogen (secondary N) is 11. The number of hydrogen-bond acceptors (Lipinski definition) is 17. The average molecular weight is 1580 g/mol. The summed E-state index contributed by atoms with van der Waals surface area (Å²) in [5, 5.41) is 44.3. The van der Waals surface area contributed by atoms with Gasteiger partial charge in [-0.2, -0.15) is 0 Å². The molecule has 0 aliphatic carbocycles. The van der Waals surface area contributed by atoms with Crippen LogP contribution in [0, 0.1) is 5.92 Å². The summed E-state index contributed by atoms with van der Waals surface area (Å²) in [5.74, 6) is -9.10. The van der Waals surface area contributed by atoms with Gasteiger partial charge in [-0.05, 0) is 132 Å². The number of morpholine rings is 1. The van der Waals surface area contributed by atoms with Crippen molar-refractivity contribution in [3.63, 3.8) is 0 Å². The zero-order valence-electron chi connectivity index (χ0n) is 65.2. The molecular weight excluding hydrogens is 1470 g/mol. The van der Waals surface area contributed by atoms with E-state index in [0.717, 1.165) is 16.3 Å². The van der Waals surface area contributed by atoms with Crippen molar-refractivity contribution in [3.05, 3.63) is 178 Å². The molecule has 12 amide bonds. The van der Waals surface area contributed by atoms with Crippen LogP contribution in [-0.4, -0.2) is 203 Å². The molecule has 2 fully saturated rings. The van der Waals surface area contributed by atoms with Crippen molar-refractivity contribution in [1.29, 1.82) is 0 Å². The normalized spacial score (nSPS) is 16.0. The van der Waals surface area contributed by atoms with Gasteiger partial charge in [-0.3, -0.25) is 67.4 Å². The van der Waals surface area contributed by atoms with Crippen LogP contribution in [0.3, 0.4) is 0 Å². The number of unbranched alkanes of at least 4 members (excludes halogenated alkanes) is 1. The van der Waals surface area contributed by atoms with Gasteiger partial charge < -0.3 is 79.0 Å². The number of amides is 12. The molecule has 0 bridgehead atoms. The molecule has 3 heterocycles. The van der Waals surface area contributed by atoms with Gasteiger partial charge in [-0.25, -0.2) is 0 Å². The maximum Gasteiger partial charge on any atom is 0.245 e. The van der Waals surface area contributed by atoms with E-state index in [2.05, 4.69) is 68.4 Å². The lowest BCUT2D eigenvalue weighted by Crippen LogP contribution is -2.62. The maximum absolute atomic E-state index is 15.5. The van der Waals surface area contributed by atoms with E-state index < -0.39 is 132 Å². The lowest BCUT2D eigenvalue weighted by Gasteiger charge is -2.31. The number of ether oxygens (including phenoxy) is 1. The number of likely N-dealkylation sites (tertiary alicyclic amines) is 1. The first kappa shape index (κ1) is 87.9. The fourth-order valence-corrected chi connectivity index (χ4v) is 13.6. The Balaban J connectivity index is 1.08. The SMILES string of the molecule is CC(=O)Nc1ccc(C[C@@H](NC(=O)[C@H](Cc2ccc(CN3CCOCC3)cc2)NC(=O)[C@H](CO)NC(=O)[C@@H](Cc2cccnc2)NC(=O)[C@@H](Cc2ccc(Cl)cc2)NC(=O)[C@@H](Cc2ccc3ccccc3c2)NC(C)=O)C(=O)N[C@@H](CC(C)C)C(=O)N[C@@H](CCCCNC(C)C)C(=O)N2CCC[C@H]2C(=O)N[C@H](C)C(N)=O)cc1. The highest BCUT2D eigenvalue weighted by Gasteiger charge is 2.41. The lowest BCUT2D eigenvalue weighted by atomic mass is 9.99. The molecule has 6 aromatic rings. The van der Waals surface area contributed by atoms with Gasteiger partial charge in [0.2, 0.25) is 70.9 Å². The van der Waals surface area contributed by atoms with Gasteiger partial charge in [0.1, 0.15) is 60.4 Å². The molecule has 8 rings (SSSR count). The number of aromatic nitrogens is 1. The van der Waals surface area contributed by atoms with Crippen LogP contribution >= 0.6 is 11.6 Å². The second-order valence-corrected chi connectivity index (χ2v) is 30.1. The van der Waals surface area contributed by atoms with E-state index in [-0.39, 0.29) is 75.8 Å². The lowest BCUT2D eigenvalue weighted by molar-refractivity contribution is -0.142. The van der Waals surface area contributed by atoms with Crippen LogP contribution in [0.5, 0.6) is 0 Å². The zero-order chi connectivity index (χ0) is 81.7. The molecule has 0 radical (unpaired) electrons. The van der Waals surface area contributed by atoms with Crippen LogP contribution < -0.4 is 64.2 Å². The van der Waals surface area contributed by atoms with Gasteiger partial charge in [-0.1, -0.05) is 136 Å². The summed E-state index contributed by atoms with van der Waals surface area (Å²) < 4.78 is 5.56. The number of aliphatic hydroxyl groups excluding tert-OH is 1. The van der Waals surface area contributed by atoms with Crippen molar-refractivity contribution >= 4 is 98.9 Å². The summed E-state index contributed by atoms with van der Waals surface area (Å²) >= 11 is 6.28. The third-order valence-electron chi connectivity index (χ3n) is 19.5. The van der Waals surface area contributed by atoms with Gasteiger partial charge in [0.05, 0.1) is 19.8 Å². The van der Waals surface area contributed by atoms with E-state index in [1.807, 2.05) is 82.3 Å². The van der Waals surface area contributed by atoms with Crippen LogP contribution in [0.4, 0.5) is 5.69 Å². The van der Waals surface area contributed by atoms with Gasteiger partial charge in [0.15, 0.2) is 0 Å². The second kappa shape index (κ2) is 43.9. The van der Waals surface area contributed by atoms with Crippen LogP contribution in [-0.2, 0) is 101 Å². The molecule has 1 aromatic heterocycles. The number of primary amides is 1. The predicted octanol–water partition coefficient (Wildman–Crippen LogP) is 3.28. The van der Waals surface area contributed by atoms with Crippen molar-refractivity contribution in [2.75, 3.05) is 51.3 Å². The molecule has 30 heteroatoms. The zero-order valence-corrected chi connectivity index (χ0v) is 65.9. The maximum atomic E-state index is 15.5. The highest BCUT2D eigenvalue weighted by Crippen LogP contribution is 2.23. The first-order valence-corrected chi connectivity index (χ1v) is 39.0. The van der Waals surface area contributed by atoms with E-state index in [4.69, 9.17) is 22.1 Å². The number of pyridine rings is 1. The number of nitrogens with zero attached hydrogens (tertiary/aromatic N) is 3. The Kier molecular flexibility index (Phi) is 34.1. The number of nitrogens with two attached hydrogens (primary N) is 1. The minimum Gasteiger partial charge on any atom is -0.394 e. The molecule has 2 aliphatic rings. The van der Waals surface area contributed by atoms with Gasteiger partial charge in [0, 0.05) is 101 Å². The number of halogens is 1. The first-order chi connectivity index (χ1) is 54.1. The van der Waals surface area contributed by atoms with Crippen LogP contribution in [0.25, 0.3) is 10.8 Å². The Hall–Kier alpha value is -10.7. The smallest absolute Gasteiger partial charge is 0.245 e. The largest absolute Gasteiger partial charge is 0.394 e. The van der Waals surface area contributed by atoms with E-state index >= 15 is 14.4 Å². The topological polar surface area (TPSA) is 412 Å². The fourth-order valence-electron chi connectivity index (χ4n) is 13.5. The predicted molar refractivity (Wildman–Crippen MR) is 428 cm³/mol. The quantitative estimate of drug-likeness (QED) is 0.0245. The second-order valence-electron chi connectivity index (χ2n) is 29.7. The molecule has 606 valence electrons. The Bertz CT molecular complexity index is 4230. The molecule has 113 heavy (non-hydrogen) atoms. The van der Waals surface area contributed by atoms with Crippen molar-refractivity contribution in [1.82, 2.24) is 68.0 Å². The number of carbonyl (C=O) groups excluding carboxylic acids is 12. The number of rotatable bonds is 41. The summed E-state index contributed by atoms with van der Waals surface area (Å²) in [6, 6.07) is 23.5. The summed E-state index contributed by atoms with van der Waals surface area (Å²) in [6.07, 6.45) is 4.22. The van der Waals surface area contributed by atoms with E-state index in [1.54, 1.807) is 72.8 Å². The average Bonchev–Trinajstić information content (AvgIpc) is 1.76. The monoisotopic (exact) mass is 1570 g/mol. The molecule has 29 nitrogen and oxygen atoms in total. The van der Waals surface area contributed by atoms with E-state index in [0.29, 0.717) is 97.2 Å². The standard InChI is InChI=1S/C83H108ClN15O14/c1-50(2)40-66(75(104)91-65(17-10-11-34-87-51(3)4)83(112)99-35-13-18-73(99)82(111)88-52(5)74(85)103)92-77(106)69(44-57-26-31-64(32-27-57)89-53(6)101)94-79(108)70(42-55-19-21-58(22-20-55)48-98-36-38-113-39-37-98)96-81(110)72(49-100)97-80(109)71(46-60-14-12-33-86-47-60)95-78(107)68(43-56-24-29-63(84)30-25-56)93-76(105)67(90-54(7)102)45-59-23-28-61-15-8-9-16-62(61)41-59/h8-9,12,14-16,19-33,41,47,50-52,65-73,87,100H,10-11,13,17-18,34-40,42-46,48-49H2,1-7H3,(H2,85,103)(H,88,111)(H,89,101)(H,90,102)(H,91,104)(H,92,106)(H,93,105)(H,94,108)(H,95,107)(H,96,110)(H,97,109)/t52-,65+,66+,67-,68-,69-,70+,71-,72+,73+/m1/s1. The van der Waals surface area contributed by atoms with Crippen LogP contribution in [0.1, 0.15) is 120 Å². The molecule has 2 aliphatic heterocycles. The van der Waals surface area contributed by atoms with Crippen molar-refractivity contribution < 1.29 is 67.4 Å². The summed E-state index contributed by atoms with van der Waals surface area (Å²) in [5.41, 5.74) is 9.60. The Labute approximate surface area is 664 Å². The highest BCUT2D eigenvalue weighted by molar-refractivity contribution is 6.30. The summed E-state index contributed by atoms with van der Waals surface area (Å²) in [6.45, 7) is 14.6. The summed E-state index contributed by atoms with van der Waals surface area (Å²) in [7, 11) is 0. The number of aliphatic hydroxyl groups is 1. The Morgan fingerprint density at radius 1 is 0.522 bits per heavy atom. The number of benzene rings is 5. The van der Waals surface area contributed by atoms with Crippen LogP contribution in [0.15, 0.2) is 140 Å². The minimum absolute atomic E-state index is 0.0383. The number of carbonyl (C=O) groups is 12. The third-order valence-corrected chi connectivity index (χ3v) is 19.8. The highest BCUT2D eigenvalue weighted by atomic mass is 35.5. The van der Waals surface area contributed by atoms with Gasteiger partial charge >= 0.3 is 0 Å². The number of hydrogen-bond donors (Lipinski definition) is 13. The fraction of sp³-hybridized carbons (Fsp3) is 0.458. The molecular formula is C83H108ClN15O14. The molecule has 0 saturated carbocycles. The van der Waals surface area contributed by atoms with Gasteiger partial charge in [-0.15, -0.1) is 0 Å². The molecule has 2 saturated heterocycles.